The van der Waals surface area contributed by atoms with Crippen molar-refractivity contribution in [2.24, 2.45) is 0 Å². The minimum Gasteiger partial charge on any atom is -0.496 e. The highest BCUT2D eigenvalue weighted by molar-refractivity contribution is 6.31. The topological polar surface area (TPSA) is 55.6 Å². The number of nitrogens with zero attached hydrogens (tertiary/aromatic N) is 2. The van der Waals surface area contributed by atoms with E-state index in [0.29, 0.717) is 18.1 Å². The first-order chi connectivity index (χ1) is 14.0. The fraction of sp³-hybridized carbons (Fsp3) is 0.304. The number of aromatic nitrogens is 1. The van der Waals surface area contributed by atoms with Crippen molar-refractivity contribution in [2.45, 2.75) is 25.7 Å². The van der Waals surface area contributed by atoms with Crippen molar-refractivity contribution in [1.82, 2.24) is 9.88 Å². The Labute approximate surface area is 174 Å². The number of rotatable bonds is 4. The number of halogens is 1. The molecule has 0 atom stereocenters. The van der Waals surface area contributed by atoms with Gasteiger partial charge in [-0.1, -0.05) is 23.2 Å². The number of carbonyl (C=O) groups excluding carboxylic acids is 1. The fourth-order valence-corrected chi connectivity index (χ4v) is 3.86. The van der Waals surface area contributed by atoms with Gasteiger partial charge in [0.1, 0.15) is 11.3 Å². The molecule has 29 heavy (non-hydrogen) atoms. The molecule has 0 N–H and O–H groups in total. The molecule has 0 spiro atoms. The molecule has 0 radical (unpaired) electrons. The van der Waals surface area contributed by atoms with Gasteiger partial charge in [-0.15, -0.1) is 0 Å². The predicted octanol–water partition coefficient (Wildman–Crippen LogP) is 5.22. The smallest absolute Gasteiger partial charge is 0.246 e. The van der Waals surface area contributed by atoms with Crippen molar-refractivity contribution in [1.29, 1.82) is 0 Å². The van der Waals surface area contributed by atoms with Crippen LogP contribution in [0.1, 0.15) is 35.8 Å². The van der Waals surface area contributed by atoms with Crippen LogP contribution >= 0.6 is 11.6 Å². The lowest BCUT2D eigenvalue weighted by Crippen LogP contribution is -2.36. The van der Waals surface area contributed by atoms with E-state index in [2.05, 4.69) is 4.98 Å². The second-order valence-corrected chi connectivity index (χ2v) is 7.78. The van der Waals surface area contributed by atoms with Gasteiger partial charge in [-0.25, -0.2) is 4.98 Å². The summed E-state index contributed by atoms with van der Waals surface area (Å²) in [6.07, 6.45) is 5.10. The van der Waals surface area contributed by atoms with Gasteiger partial charge >= 0.3 is 0 Å². The third kappa shape index (κ3) is 4.30. The van der Waals surface area contributed by atoms with E-state index in [1.807, 2.05) is 48.2 Å². The molecule has 1 amide bonds. The first-order valence-electron chi connectivity index (χ1n) is 9.71. The Morgan fingerprint density at radius 2 is 2.03 bits per heavy atom. The average molecular weight is 411 g/mol. The molecule has 1 fully saturated rings. The second kappa shape index (κ2) is 8.29. The highest BCUT2D eigenvalue weighted by atomic mass is 35.5. The molecule has 0 bridgehead atoms. The van der Waals surface area contributed by atoms with E-state index in [9.17, 15) is 4.79 Å². The van der Waals surface area contributed by atoms with Crippen LogP contribution in [0.15, 0.2) is 46.9 Å². The molecule has 1 aromatic heterocycles. The molecule has 5 nitrogen and oxygen atoms in total. The number of piperidine rings is 1. The van der Waals surface area contributed by atoms with Gasteiger partial charge in [0, 0.05) is 35.7 Å². The van der Waals surface area contributed by atoms with Crippen molar-refractivity contribution in [2.75, 3.05) is 20.2 Å². The van der Waals surface area contributed by atoms with Crippen LogP contribution in [0.4, 0.5) is 0 Å². The lowest BCUT2D eigenvalue weighted by Gasteiger charge is -2.29. The first-order valence-corrected chi connectivity index (χ1v) is 10.1. The highest BCUT2D eigenvalue weighted by Gasteiger charge is 2.26. The quantitative estimate of drug-likeness (QED) is 0.553. The molecule has 0 unspecified atom stereocenters. The summed E-state index contributed by atoms with van der Waals surface area (Å²) in [6.45, 7) is 3.37. The minimum atomic E-state index is 0.0105. The Kier molecular flexibility index (Phi) is 5.58. The zero-order chi connectivity index (χ0) is 20.4. The number of methoxy groups -OCH3 is 1. The number of ether oxygens (including phenoxy) is 1. The highest BCUT2D eigenvalue weighted by Crippen LogP contribution is 2.31. The standard InChI is InChI=1S/C23H23ClN2O3/c1-15-3-6-20(28-2)17(13-15)4-8-22(27)26-11-9-16(10-12-26)23-25-19-14-18(24)5-7-21(19)29-23/h3-8,13-14,16H,9-12H2,1-2H3. The van der Waals surface area contributed by atoms with Crippen LogP contribution < -0.4 is 4.74 Å². The summed E-state index contributed by atoms with van der Waals surface area (Å²) >= 11 is 6.03. The number of aryl methyl sites for hydroxylation is 1. The lowest BCUT2D eigenvalue weighted by atomic mass is 9.96. The monoisotopic (exact) mass is 410 g/mol. The van der Waals surface area contributed by atoms with Crippen LogP contribution in [0.2, 0.25) is 5.02 Å². The summed E-state index contributed by atoms with van der Waals surface area (Å²) in [5.74, 6) is 1.71. The van der Waals surface area contributed by atoms with Crippen molar-refractivity contribution in [3.8, 4) is 5.75 Å². The Morgan fingerprint density at radius 3 is 2.79 bits per heavy atom. The molecule has 0 saturated carbocycles. The molecular formula is C23H23ClN2O3. The van der Waals surface area contributed by atoms with Crippen molar-refractivity contribution in [3.63, 3.8) is 0 Å². The molecule has 1 aliphatic heterocycles. The Balaban J connectivity index is 1.40. The molecule has 4 rings (SSSR count). The van der Waals surface area contributed by atoms with Crippen LogP contribution in [0, 0.1) is 6.92 Å². The molecule has 3 aromatic rings. The van der Waals surface area contributed by atoms with Gasteiger partial charge in [0.25, 0.3) is 0 Å². The second-order valence-electron chi connectivity index (χ2n) is 7.34. The zero-order valence-corrected chi connectivity index (χ0v) is 17.3. The third-order valence-corrected chi connectivity index (χ3v) is 5.55. The maximum Gasteiger partial charge on any atom is 0.246 e. The lowest BCUT2D eigenvalue weighted by molar-refractivity contribution is -0.127. The van der Waals surface area contributed by atoms with E-state index in [-0.39, 0.29) is 11.8 Å². The van der Waals surface area contributed by atoms with Gasteiger partial charge in [-0.05, 0) is 56.2 Å². The van der Waals surface area contributed by atoms with Crippen molar-refractivity contribution in [3.05, 3.63) is 64.5 Å². The van der Waals surface area contributed by atoms with Crippen LogP contribution in [-0.2, 0) is 4.79 Å². The number of carbonyl (C=O) groups is 1. The maximum atomic E-state index is 12.6. The van der Waals surface area contributed by atoms with E-state index in [4.69, 9.17) is 20.8 Å². The van der Waals surface area contributed by atoms with Crippen molar-refractivity contribution < 1.29 is 13.9 Å². The number of amides is 1. The molecule has 6 heteroatoms. The molecule has 0 aliphatic carbocycles. The summed E-state index contributed by atoms with van der Waals surface area (Å²) in [5, 5.41) is 0.648. The first kappa shape index (κ1) is 19.5. The molecule has 1 saturated heterocycles. The molecule has 150 valence electrons. The predicted molar refractivity (Wildman–Crippen MR) is 114 cm³/mol. The van der Waals surface area contributed by atoms with E-state index >= 15 is 0 Å². The molecule has 2 aromatic carbocycles. The average Bonchev–Trinajstić information content (AvgIpc) is 3.15. The molecule has 1 aliphatic rings. The minimum absolute atomic E-state index is 0.0105. The summed E-state index contributed by atoms with van der Waals surface area (Å²) in [7, 11) is 1.63. The van der Waals surface area contributed by atoms with Gasteiger partial charge in [-0.3, -0.25) is 4.79 Å². The van der Waals surface area contributed by atoms with Crippen LogP contribution in [0.25, 0.3) is 17.2 Å². The van der Waals surface area contributed by atoms with Gasteiger partial charge in [0.05, 0.1) is 7.11 Å². The zero-order valence-electron chi connectivity index (χ0n) is 16.5. The van der Waals surface area contributed by atoms with E-state index < -0.39 is 0 Å². The number of hydrogen-bond acceptors (Lipinski definition) is 4. The van der Waals surface area contributed by atoms with E-state index in [1.54, 1.807) is 19.3 Å². The van der Waals surface area contributed by atoms with E-state index in [1.165, 1.54) is 0 Å². The van der Waals surface area contributed by atoms with Crippen LogP contribution in [-0.4, -0.2) is 36.0 Å². The van der Waals surface area contributed by atoms with Gasteiger partial charge in [0.2, 0.25) is 5.91 Å². The number of likely N-dealkylation sites (tertiary alicyclic amines) is 1. The Morgan fingerprint density at radius 1 is 1.24 bits per heavy atom. The number of benzene rings is 2. The molecule has 2 heterocycles. The fourth-order valence-electron chi connectivity index (χ4n) is 3.69. The SMILES string of the molecule is COc1ccc(C)cc1C=CC(=O)N1CCC(c2nc3cc(Cl)ccc3o2)CC1. The number of fused-ring (bicyclic) bond motifs is 1. The van der Waals surface area contributed by atoms with Gasteiger partial charge in [-0.2, -0.15) is 0 Å². The van der Waals surface area contributed by atoms with Gasteiger partial charge in [0.15, 0.2) is 11.5 Å². The summed E-state index contributed by atoms with van der Waals surface area (Å²) in [4.78, 5) is 19.1. The normalized spacial score (nSPS) is 15.3. The number of oxazole rings is 1. The van der Waals surface area contributed by atoms with E-state index in [0.717, 1.165) is 46.7 Å². The summed E-state index contributed by atoms with van der Waals surface area (Å²) in [5.41, 5.74) is 3.55. The van der Waals surface area contributed by atoms with Crippen molar-refractivity contribution >= 4 is 34.7 Å². The van der Waals surface area contributed by atoms with Gasteiger partial charge < -0.3 is 14.1 Å². The largest absolute Gasteiger partial charge is 0.496 e. The Hall–Kier alpha value is -2.79. The van der Waals surface area contributed by atoms with Crippen LogP contribution in [0.5, 0.6) is 5.75 Å². The summed E-state index contributed by atoms with van der Waals surface area (Å²) in [6, 6.07) is 11.4. The molecular weight excluding hydrogens is 388 g/mol. The van der Waals surface area contributed by atoms with Crippen LogP contribution in [0.3, 0.4) is 0 Å². The maximum absolute atomic E-state index is 12.6. The number of hydrogen-bond donors (Lipinski definition) is 0. The third-order valence-electron chi connectivity index (χ3n) is 5.31. The Bertz CT molecular complexity index is 1070. The summed E-state index contributed by atoms with van der Waals surface area (Å²) < 4.78 is 11.3.